The number of piperidine rings is 1. The molecular weight excluding hydrogens is 336 g/mol. The number of nitrogens with zero attached hydrogens (tertiary/aromatic N) is 1. The van der Waals surface area contributed by atoms with Gasteiger partial charge in [0.25, 0.3) is 0 Å². The number of carbonyl (C=O) groups excluding carboxylic acids is 1. The molecular formula is C19H26N2O5. The molecule has 1 aliphatic heterocycles. The van der Waals surface area contributed by atoms with Gasteiger partial charge in [0.05, 0.1) is 25.9 Å². The second-order valence-corrected chi connectivity index (χ2v) is 6.37. The highest BCUT2D eigenvalue weighted by atomic mass is 16.5. The van der Waals surface area contributed by atoms with Gasteiger partial charge in [0.2, 0.25) is 11.7 Å². The summed E-state index contributed by atoms with van der Waals surface area (Å²) in [6.07, 6.45) is 5.31. The first-order valence-electron chi connectivity index (χ1n) is 8.93. The number of amides is 1. The topological polar surface area (TPSA) is 73.2 Å². The van der Waals surface area contributed by atoms with Crippen LogP contribution in [-0.2, 0) is 4.79 Å². The SMILES string of the molecule is COc1c(NC(C)=O)c(OCCN2CCCCC2)c(OC)c2occc12. The van der Waals surface area contributed by atoms with E-state index in [9.17, 15) is 4.79 Å². The third-order valence-electron chi connectivity index (χ3n) is 4.59. The minimum absolute atomic E-state index is 0.214. The van der Waals surface area contributed by atoms with E-state index < -0.39 is 0 Å². The summed E-state index contributed by atoms with van der Waals surface area (Å²) in [6.45, 7) is 4.95. The van der Waals surface area contributed by atoms with Crippen molar-refractivity contribution in [3.05, 3.63) is 12.3 Å². The van der Waals surface area contributed by atoms with Gasteiger partial charge in [0.1, 0.15) is 12.3 Å². The average Bonchev–Trinajstić information content (AvgIpc) is 3.11. The van der Waals surface area contributed by atoms with Gasteiger partial charge in [-0.05, 0) is 32.0 Å². The van der Waals surface area contributed by atoms with Crippen LogP contribution in [0.25, 0.3) is 11.0 Å². The van der Waals surface area contributed by atoms with Crippen molar-refractivity contribution < 1.29 is 23.4 Å². The largest absolute Gasteiger partial charge is 0.494 e. The highest BCUT2D eigenvalue weighted by Gasteiger charge is 2.25. The van der Waals surface area contributed by atoms with Crippen LogP contribution < -0.4 is 19.5 Å². The Hall–Kier alpha value is -2.41. The molecule has 7 nitrogen and oxygen atoms in total. The third-order valence-corrected chi connectivity index (χ3v) is 4.59. The maximum absolute atomic E-state index is 11.7. The van der Waals surface area contributed by atoms with Crippen molar-refractivity contribution in [1.82, 2.24) is 4.90 Å². The first-order valence-corrected chi connectivity index (χ1v) is 8.93. The molecule has 1 aliphatic rings. The summed E-state index contributed by atoms with van der Waals surface area (Å²) in [5.74, 6) is 1.17. The number of anilines is 1. The summed E-state index contributed by atoms with van der Waals surface area (Å²) in [7, 11) is 3.11. The summed E-state index contributed by atoms with van der Waals surface area (Å²) < 4.78 is 22.7. The van der Waals surface area contributed by atoms with Crippen LogP contribution in [0.5, 0.6) is 17.2 Å². The van der Waals surface area contributed by atoms with Crippen molar-refractivity contribution >= 4 is 22.6 Å². The number of rotatable bonds is 7. The second-order valence-electron chi connectivity index (χ2n) is 6.37. The van der Waals surface area contributed by atoms with Crippen molar-refractivity contribution in [3.8, 4) is 17.2 Å². The number of furan rings is 1. The van der Waals surface area contributed by atoms with E-state index in [-0.39, 0.29) is 5.91 Å². The molecule has 0 atom stereocenters. The summed E-state index contributed by atoms with van der Waals surface area (Å²) >= 11 is 0. The number of carbonyl (C=O) groups is 1. The van der Waals surface area contributed by atoms with Crippen LogP contribution in [0, 0.1) is 0 Å². The number of fused-ring (bicyclic) bond motifs is 1. The number of likely N-dealkylation sites (tertiary alicyclic amines) is 1. The number of methoxy groups -OCH3 is 2. The molecule has 1 aromatic carbocycles. The Labute approximate surface area is 153 Å². The van der Waals surface area contributed by atoms with Crippen molar-refractivity contribution in [2.45, 2.75) is 26.2 Å². The fourth-order valence-corrected chi connectivity index (χ4v) is 3.40. The molecule has 0 aliphatic carbocycles. The van der Waals surface area contributed by atoms with Gasteiger partial charge in [-0.3, -0.25) is 9.69 Å². The quantitative estimate of drug-likeness (QED) is 0.815. The molecule has 0 radical (unpaired) electrons. The predicted molar refractivity (Wildman–Crippen MR) is 99.4 cm³/mol. The van der Waals surface area contributed by atoms with Gasteiger partial charge in [0, 0.05) is 13.5 Å². The molecule has 1 amide bonds. The van der Waals surface area contributed by atoms with Crippen LogP contribution in [-0.4, -0.2) is 51.3 Å². The number of hydrogen-bond donors (Lipinski definition) is 1. The molecule has 1 N–H and O–H groups in total. The lowest BCUT2D eigenvalue weighted by atomic mass is 10.1. The van der Waals surface area contributed by atoms with Gasteiger partial charge in [0.15, 0.2) is 17.1 Å². The molecule has 2 aromatic rings. The van der Waals surface area contributed by atoms with Crippen LogP contribution >= 0.6 is 0 Å². The van der Waals surface area contributed by atoms with Gasteiger partial charge in [-0.2, -0.15) is 0 Å². The molecule has 1 fully saturated rings. The van der Waals surface area contributed by atoms with E-state index in [2.05, 4.69) is 10.2 Å². The fourth-order valence-electron chi connectivity index (χ4n) is 3.40. The second kappa shape index (κ2) is 8.31. The van der Waals surface area contributed by atoms with E-state index in [0.717, 1.165) is 25.0 Å². The first-order chi connectivity index (χ1) is 12.7. The number of nitrogens with one attached hydrogen (secondary N) is 1. The van der Waals surface area contributed by atoms with Crippen LogP contribution in [0.4, 0.5) is 5.69 Å². The maximum Gasteiger partial charge on any atom is 0.221 e. The third kappa shape index (κ3) is 3.72. The number of benzene rings is 1. The summed E-state index contributed by atoms with van der Waals surface area (Å²) in [5.41, 5.74) is 0.996. The molecule has 3 rings (SSSR count). The van der Waals surface area contributed by atoms with Crippen LogP contribution in [0.1, 0.15) is 26.2 Å². The van der Waals surface area contributed by atoms with E-state index in [4.69, 9.17) is 18.6 Å². The summed E-state index contributed by atoms with van der Waals surface area (Å²) in [5, 5.41) is 3.53. The molecule has 7 heteroatoms. The zero-order valence-corrected chi connectivity index (χ0v) is 15.6. The lowest BCUT2D eigenvalue weighted by molar-refractivity contribution is -0.114. The van der Waals surface area contributed by atoms with E-state index in [1.807, 2.05) is 0 Å². The Kier molecular flexibility index (Phi) is 5.88. The van der Waals surface area contributed by atoms with Crippen LogP contribution in [0.3, 0.4) is 0 Å². The average molecular weight is 362 g/mol. The van der Waals surface area contributed by atoms with E-state index in [0.29, 0.717) is 35.1 Å². The Morgan fingerprint density at radius 2 is 1.88 bits per heavy atom. The van der Waals surface area contributed by atoms with Crippen molar-refractivity contribution in [2.75, 3.05) is 45.8 Å². The lowest BCUT2D eigenvalue weighted by Gasteiger charge is -2.26. The maximum atomic E-state index is 11.7. The van der Waals surface area contributed by atoms with Gasteiger partial charge in [-0.1, -0.05) is 6.42 Å². The Morgan fingerprint density at radius 1 is 1.15 bits per heavy atom. The molecule has 0 spiro atoms. The number of hydrogen-bond acceptors (Lipinski definition) is 6. The van der Waals surface area contributed by atoms with Gasteiger partial charge < -0.3 is 23.9 Å². The van der Waals surface area contributed by atoms with Crippen LogP contribution in [0.15, 0.2) is 16.7 Å². The van der Waals surface area contributed by atoms with E-state index >= 15 is 0 Å². The van der Waals surface area contributed by atoms with E-state index in [1.165, 1.54) is 26.2 Å². The van der Waals surface area contributed by atoms with Crippen molar-refractivity contribution in [2.24, 2.45) is 0 Å². The zero-order chi connectivity index (χ0) is 18.5. The van der Waals surface area contributed by atoms with Gasteiger partial charge in [-0.15, -0.1) is 0 Å². The molecule has 1 aromatic heterocycles. The van der Waals surface area contributed by atoms with Crippen molar-refractivity contribution in [3.63, 3.8) is 0 Å². The monoisotopic (exact) mass is 362 g/mol. The predicted octanol–water partition coefficient (Wildman–Crippen LogP) is 3.27. The summed E-state index contributed by atoms with van der Waals surface area (Å²) in [6, 6.07) is 1.78. The minimum atomic E-state index is -0.214. The standard InChI is InChI=1S/C19H26N2O5/c1-13(22)20-15-16(23-2)14-7-11-25-17(14)19(24-3)18(15)26-12-10-21-8-5-4-6-9-21/h7,11H,4-6,8-10,12H2,1-3H3,(H,20,22). The Bertz CT molecular complexity index is 765. The molecule has 2 heterocycles. The van der Waals surface area contributed by atoms with E-state index in [1.54, 1.807) is 26.5 Å². The first kappa shape index (κ1) is 18.4. The van der Waals surface area contributed by atoms with Gasteiger partial charge in [-0.25, -0.2) is 0 Å². The van der Waals surface area contributed by atoms with Crippen LogP contribution in [0.2, 0.25) is 0 Å². The minimum Gasteiger partial charge on any atom is -0.494 e. The smallest absolute Gasteiger partial charge is 0.221 e. The van der Waals surface area contributed by atoms with Crippen molar-refractivity contribution in [1.29, 1.82) is 0 Å². The lowest BCUT2D eigenvalue weighted by Crippen LogP contribution is -2.33. The molecule has 142 valence electrons. The molecule has 0 bridgehead atoms. The fraction of sp³-hybridized carbons (Fsp3) is 0.526. The molecule has 26 heavy (non-hydrogen) atoms. The summed E-state index contributed by atoms with van der Waals surface area (Å²) in [4.78, 5) is 14.1. The molecule has 0 saturated carbocycles. The highest BCUT2D eigenvalue weighted by Crippen LogP contribution is 2.49. The normalized spacial score (nSPS) is 15.0. The zero-order valence-electron chi connectivity index (χ0n) is 15.6. The molecule has 0 unspecified atom stereocenters. The van der Waals surface area contributed by atoms with Gasteiger partial charge >= 0.3 is 0 Å². The highest BCUT2D eigenvalue weighted by molar-refractivity contribution is 6.03. The number of ether oxygens (including phenoxy) is 3. The Morgan fingerprint density at radius 3 is 2.54 bits per heavy atom. The Balaban J connectivity index is 1.93. The molecule has 1 saturated heterocycles.